The van der Waals surface area contributed by atoms with Crippen molar-refractivity contribution in [2.24, 2.45) is 5.92 Å². The van der Waals surface area contributed by atoms with Crippen LogP contribution in [0.2, 0.25) is 0 Å². The maximum Gasteiger partial charge on any atom is 0.253 e. The predicted octanol–water partition coefficient (Wildman–Crippen LogP) is 4.59. The molecular weight excluding hydrogens is 490 g/mol. The number of aromatic nitrogens is 5. The van der Waals surface area contributed by atoms with Crippen LogP contribution in [0.1, 0.15) is 42.2 Å². The second-order valence-electron chi connectivity index (χ2n) is 9.85. The van der Waals surface area contributed by atoms with Crippen molar-refractivity contribution in [2.75, 3.05) is 37.4 Å². The minimum atomic E-state index is -0.639. The van der Waals surface area contributed by atoms with Crippen molar-refractivity contribution in [3.05, 3.63) is 65.9 Å². The number of nitrogens with one attached hydrogen (secondary N) is 1. The van der Waals surface area contributed by atoms with Crippen molar-refractivity contribution in [1.82, 2.24) is 29.4 Å². The van der Waals surface area contributed by atoms with Crippen LogP contribution in [0.3, 0.4) is 0 Å². The van der Waals surface area contributed by atoms with Crippen LogP contribution in [0.25, 0.3) is 11.0 Å². The number of benzene rings is 1. The molecule has 2 atom stereocenters. The van der Waals surface area contributed by atoms with E-state index in [0.717, 1.165) is 37.6 Å². The Morgan fingerprint density at radius 1 is 1.13 bits per heavy atom. The second kappa shape index (κ2) is 10.3. The van der Waals surface area contributed by atoms with Crippen LogP contribution in [0.15, 0.2) is 43.1 Å². The summed E-state index contributed by atoms with van der Waals surface area (Å²) >= 11 is 0. The zero-order valence-electron chi connectivity index (χ0n) is 21.8. The van der Waals surface area contributed by atoms with Gasteiger partial charge in [0.15, 0.2) is 5.82 Å². The molecule has 1 amide bonds. The summed E-state index contributed by atoms with van der Waals surface area (Å²) in [5, 5.41) is 3.08. The third kappa shape index (κ3) is 4.75. The van der Waals surface area contributed by atoms with Crippen LogP contribution in [-0.2, 0) is 6.42 Å². The van der Waals surface area contributed by atoms with Crippen LogP contribution in [0.5, 0.6) is 0 Å². The molecule has 5 rings (SSSR count). The van der Waals surface area contributed by atoms with Crippen LogP contribution < -0.4 is 10.2 Å². The van der Waals surface area contributed by atoms with Gasteiger partial charge in [0.2, 0.25) is 5.95 Å². The monoisotopic (exact) mass is 520 g/mol. The van der Waals surface area contributed by atoms with Crippen molar-refractivity contribution >= 4 is 34.4 Å². The highest BCUT2D eigenvalue weighted by atomic mass is 19.1. The number of amides is 1. The van der Waals surface area contributed by atoms with Gasteiger partial charge in [-0.2, -0.15) is 0 Å². The standard InChI is InChI=1S/C27H30F2N8O/c1-5-17-11-30-27(31-12-17)36-9-8-22(16(2)13-36)37-14-20(29)23-24(32-15-33-25(23)37)34-21-7-6-18(10-19(21)28)26(38)35(3)4/h6-7,10-12,14-16,22H,5,8-9,13H2,1-4H3,(H,32,33,34)/t16-,22+/m1/s1. The van der Waals surface area contributed by atoms with Gasteiger partial charge in [-0.3, -0.25) is 4.79 Å². The fraction of sp³-hybridized carbons (Fsp3) is 0.370. The van der Waals surface area contributed by atoms with E-state index in [2.05, 4.69) is 44.0 Å². The number of halogens is 2. The third-order valence-corrected chi connectivity index (χ3v) is 7.04. The summed E-state index contributed by atoms with van der Waals surface area (Å²) in [6.45, 7) is 5.63. The Hall–Kier alpha value is -4.15. The van der Waals surface area contributed by atoms with E-state index in [4.69, 9.17) is 0 Å². The first-order chi connectivity index (χ1) is 18.3. The molecule has 0 spiro atoms. The molecule has 4 heterocycles. The molecule has 0 radical (unpaired) electrons. The van der Waals surface area contributed by atoms with Gasteiger partial charge in [-0.05, 0) is 42.5 Å². The van der Waals surface area contributed by atoms with Crippen molar-refractivity contribution in [3.63, 3.8) is 0 Å². The summed E-state index contributed by atoms with van der Waals surface area (Å²) in [6, 6.07) is 4.12. The van der Waals surface area contributed by atoms with E-state index >= 15 is 4.39 Å². The molecule has 0 bridgehead atoms. The fourth-order valence-corrected chi connectivity index (χ4v) is 4.94. The lowest BCUT2D eigenvalue weighted by molar-refractivity contribution is 0.0827. The largest absolute Gasteiger partial charge is 0.345 e. The van der Waals surface area contributed by atoms with E-state index in [1.165, 1.54) is 29.6 Å². The highest BCUT2D eigenvalue weighted by molar-refractivity contribution is 5.95. The summed E-state index contributed by atoms with van der Waals surface area (Å²) < 4.78 is 32.0. The predicted molar refractivity (Wildman–Crippen MR) is 142 cm³/mol. The van der Waals surface area contributed by atoms with E-state index in [1.54, 1.807) is 14.1 Å². The quantitative estimate of drug-likeness (QED) is 0.397. The van der Waals surface area contributed by atoms with Gasteiger partial charge in [-0.25, -0.2) is 28.7 Å². The number of aryl methyl sites for hydroxylation is 1. The van der Waals surface area contributed by atoms with E-state index in [-0.39, 0.29) is 40.3 Å². The molecule has 3 aromatic heterocycles. The zero-order valence-corrected chi connectivity index (χ0v) is 21.8. The van der Waals surface area contributed by atoms with Gasteiger partial charge in [0, 0.05) is 57.4 Å². The van der Waals surface area contributed by atoms with Crippen molar-refractivity contribution in [2.45, 2.75) is 32.7 Å². The van der Waals surface area contributed by atoms with E-state index in [9.17, 15) is 9.18 Å². The number of hydrogen-bond donors (Lipinski definition) is 1. The number of nitrogens with zero attached hydrogens (tertiary/aromatic N) is 7. The summed E-state index contributed by atoms with van der Waals surface area (Å²) in [5.74, 6) is -0.418. The number of fused-ring (bicyclic) bond motifs is 1. The van der Waals surface area contributed by atoms with E-state index in [0.29, 0.717) is 11.6 Å². The molecule has 0 aliphatic carbocycles. The van der Waals surface area contributed by atoms with Gasteiger partial charge in [-0.1, -0.05) is 13.8 Å². The molecule has 1 fully saturated rings. The molecule has 1 aliphatic heterocycles. The highest BCUT2D eigenvalue weighted by Gasteiger charge is 2.31. The molecule has 198 valence electrons. The number of carbonyl (C=O) groups is 1. The first kappa shape index (κ1) is 25.5. The number of rotatable bonds is 6. The molecule has 9 nitrogen and oxygen atoms in total. The number of hydrogen-bond acceptors (Lipinski definition) is 7. The summed E-state index contributed by atoms with van der Waals surface area (Å²) in [7, 11) is 3.19. The Kier molecular flexibility index (Phi) is 6.92. The van der Waals surface area contributed by atoms with Crippen molar-refractivity contribution in [3.8, 4) is 0 Å². The normalized spacial score (nSPS) is 17.6. The molecular formula is C27H30F2N8O. The Balaban J connectivity index is 1.39. The highest BCUT2D eigenvalue weighted by Crippen LogP contribution is 2.35. The third-order valence-electron chi connectivity index (χ3n) is 7.04. The second-order valence-corrected chi connectivity index (χ2v) is 9.85. The zero-order chi connectivity index (χ0) is 27.0. The number of piperidine rings is 1. The van der Waals surface area contributed by atoms with Crippen LogP contribution >= 0.6 is 0 Å². The smallest absolute Gasteiger partial charge is 0.253 e. The van der Waals surface area contributed by atoms with Gasteiger partial charge in [0.05, 0.1) is 11.1 Å². The van der Waals surface area contributed by atoms with Crippen LogP contribution in [0.4, 0.5) is 26.2 Å². The Morgan fingerprint density at radius 3 is 2.55 bits per heavy atom. The van der Waals surface area contributed by atoms with E-state index < -0.39 is 11.6 Å². The molecule has 38 heavy (non-hydrogen) atoms. The summed E-state index contributed by atoms with van der Waals surface area (Å²) in [4.78, 5) is 33.3. The Bertz CT molecular complexity index is 1470. The average Bonchev–Trinajstić information content (AvgIpc) is 3.26. The minimum absolute atomic E-state index is 0.00369. The summed E-state index contributed by atoms with van der Waals surface area (Å²) in [6.07, 6.45) is 8.14. The molecule has 0 unspecified atom stereocenters. The Labute approximate surface area is 219 Å². The lowest BCUT2D eigenvalue weighted by Gasteiger charge is -2.37. The van der Waals surface area contributed by atoms with Gasteiger partial charge >= 0.3 is 0 Å². The van der Waals surface area contributed by atoms with Crippen LogP contribution in [-0.4, -0.2) is 62.5 Å². The molecule has 4 aromatic rings. The molecule has 1 N–H and O–H groups in total. The van der Waals surface area contributed by atoms with Gasteiger partial charge < -0.3 is 19.7 Å². The molecule has 1 saturated heterocycles. The lowest BCUT2D eigenvalue weighted by Crippen LogP contribution is -2.41. The van der Waals surface area contributed by atoms with Gasteiger partial charge in [0.1, 0.15) is 23.6 Å². The minimum Gasteiger partial charge on any atom is -0.345 e. The van der Waals surface area contributed by atoms with Crippen molar-refractivity contribution < 1.29 is 13.6 Å². The van der Waals surface area contributed by atoms with Crippen molar-refractivity contribution in [1.29, 1.82) is 0 Å². The number of anilines is 3. The first-order valence-electron chi connectivity index (χ1n) is 12.6. The SMILES string of the molecule is CCc1cnc(N2CC[C@H](n3cc(F)c4c(Nc5ccc(C(=O)N(C)C)cc5F)ncnc43)[C@H](C)C2)nc1. The lowest BCUT2D eigenvalue weighted by atomic mass is 9.94. The van der Waals surface area contributed by atoms with Gasteiger partial charge in [-0.15, -0.1) is 0 Å². The Morgan fingerprint density at radius 2 is 1.89 bits per heavy atom. The summed E-state index contributed by atoms with van der Waals surface area (Å²) in [5.41, 5.74) is 1.83. The number of carbonyl (C=O) groups excluding carboxylic acids is 1. The van der Waals surface area contributed by atoms with Crippen LogP contribution in [0, 0.1) is 17.6 Å². The molecule has 1 aliphatic rings. The first-order valence-corrected chi connectivity index (χ1v) is 12.6. The van der Waals surface area contributed by atoms with E-state index in [1.807, 2.05) is 17.0 Å². The molecule has 11 heteroatoms. The maximum atomic E-state index is 15.3. The maximum absolute atomic E-state index is 15.3. The van der Waals surface area contributed by atoms with Gasteiger partial charge in [0.25, 0.3) is 5.91 Å². The fourth-order valence-electron chi connectivity index (χ4n) is 4.94. The molecule has 1 aromatic carbocycles. The molecule has 0 saturated carbocycles. The average molecular weight is 521 g/mol. The topological polar surface area (TPSA) is 92.1 Å².